The van der Waals surface area contributed by atoms with Gasteiger partial charge in [0.2, 0.25) is 4.96 Å². The Morgan fingerprint density at radius 2 is 2.00 bits per heavy atom. The van der Waals surface area contributed by atoms with Crippen molar-refractivity contribution in [3.8, 4) is 0 Å². The van der Waals surface area contributed by atoms with Crippen LogP contribution in [0.2, 0.25) is 0 Å². The van der Waals surface area contributed by atoms with Gasteiger partial charge in [-0.25, -0.2) is 0 Å². The molecule has 2 fully saturated rings. The number of nitrogens with one attached hydrogen (secondary N) is 1. The first-order valence-corrected chi connectivity index (χ1v) is 8.76. The predicted molar refractivity (Wildman–Crippen MR) is 80.7 cm³/mol. The Kier molecular flexibility index (Phi) is 3.87. The summed E-state index contributed by atoms with van der Waals surface area (Å²) in [7, 11) is 0. The monoisotopic (exact) mass is 307 g/mol. The van der Waals surface area contributed by atoms with E-state index in [1.807, 2.05) is 4.52 Å². The van der Waals surface area contributed by atoms with Gasteiger partial charge in [-0.15, -0.1) is 10.2 Å². The molecule has 0 aliphatic carbocycles. The second-order valence-corrected chi connectivity index (χ2v) is 6.92. The fourth-order valence-corrected chi connectivity index (χ4v) is 4.19. The van der Waals surface area contributed by atoms with Gasteiger partial charge in [-0.3, -0.25) is 0 Å². The average molecular weight is 307 g/mol. The largest absolute Gasteiger partial charge is 0.381 e. The van der Waals surface area contributed by atoms with E-state index in [0.717, 1.165) is 48.4 Å². The maximum atomic E-state index is 5.44. The van der Waals surface area contributed by atoms with Crippen LogP contribution in [-0.2, 0) is 4.74 Å². The van der Waals surface area contributed by atoms with Crippen LogP contribution in [0.5, 0.6) is 0 Å². The van der Waals surface area contributed by atoms with Crippen molar-refractivity contribution in [1.82, 2.24) is 25.1 Å². The van der Waals surface area contributed by atoms with Gasteiger partial charge in [-0.1, -0.05) is 24.2 Å². The zero-order chi connectivity index (χ0) is 14.1. The van der Waals surface area contributed by atoms with Crippen LogP contribution in [0.3, 0.4) is 0 Å². The van der Waals surface area contributed by atoms with Gasteiger partial charge < -0.3 is 10.1 Å². The van der Waals surface area contributed by atoms with E-state index in [-0.39, 0.29) is 0 Å². The molecule has 2 aromatic rings. The van der Waals surface area contributed by atoms with Crippen molar-refractivity contribution >= 4 is 16.3 Å². The van der Waals surface area contributed by atoms with E-state index in [1.54, 1.807) is 11.3 Å². The van der Waals surface area contributed by atoms with E-state index in [1.165, 1.54) is 25.7 Å². The summed E-state index contributed by atoms with van der Waals surface area (Å²) in [6, 6.07) is 0.390. The highest BCUT2D eigenvalue weighted by molar-refractivity contribution is 7.16. The summed E-state index contributed by atoms with van der Waals surface area (Å²) < 4.78 is 7.41. The standard InChI is InChI=1S/C14H21N5OS/c1-2-4-11(15-7-3-1)13-18-19-12(16-17-14(19)21-13)10-5-8-20-9-6-10/h10-11,15H,1-9H2. The van der Waals surface area contributed by atoms with Crippen molar-refractivity contribution in [1.29, 1.82) is 0 Å². The minimum atomic E-state index is 0.390. The predicted octanol–water partition coefficient (Wildman–Crippen LogP) is 2.28. The van der Waals surface area contributed by atoms with Crippen LogP contribution in [-0.4, -0.2) is 39.6 Å². The number of ether oxygens (including phenoxy) is 1. The highest BCUT2D eigenvalue weighted by Gasteiger charge is 2.25. The zero-order valence-corrected chi connectivity index (χ0v) is 12.9. The van der Waals surface area contributed by atoms with Crippen molar-refractivity contribution in [2.75, 3.05) is 19.8 Å². The Morgan fingerprint density at radius 1 is 1.10 bits per heavy atom. The minimum Gasteiger partial charge on any atom is -0.381 e. The van der Waals surface area contributed by atoms with Gasteiger partial charge in [0.1, 0.15) is 5.01 Å². The van der Waals surface area contributed by atoms with E-state index in [9.17, 15) is 0 Å². The molecule has 2 aliphatic heterocycles. The first-order valence-electron chi connectivity index (χ1n) is 7.95. The molecule has 1 unspecified atom stereocenters. The van der Waals surface area contributed by atoms with Gasteiger partial charge >= 0.3 is 0 Å². The molecule has 0 aromatic carbocycles. The van der Waals surface area contributed by atoms with E-state index < -0.39 is 0 Å². The second kappa shape index (κ2) is 5.98. The quantitative estimate of drug-likeness (QED) is 0.922. The van der Waals surface area contributed by atoms with Gasteiger partial charge in [0.25, 0.3) is 0 Å². The van der Waals surface area contributed by atoms with Gasteiger partial charge in [0, 0.05) is 19.1 Å². The Hall–Kier alpha value is -1.05. The van der Waals surface area contributed by atoms with Crippen LogP contribution in [0.4, 0.5) is 0 Å². The smallest absolute Gasteiger partial charge is 0.234 e. The van der Waals surface area contributed by atoms with Gasteiger partial charge in [-0.05, 0) is 32.2 Å². The summed E-state index contributed by atoms with van der Waals surface area (Å²) in [5.41, 5.74) is 0. The van der Waals surface area contributed by atoms with Crippen LogP contribution >= 0.6 is 11.3 Å². The molecule has 0 radical (unpaired) electrons. The lowest BCUT2D eigenvalue weighted by Crippen LogP contribution is -2.20. The molecule has 21 heavy (non-hydrogen) atoms. The van der Waals surface area contributed by atoms with Gasteiger partial charge in [-0.2, -0.15) is 9.61 Å². The molecule has 114 valence electrons. The minimum absolute atomic E-state index is 0.390. The van der Waals surface area contributed by atoms with Crippen molar-refractivity contribution < 1.29 is 4.74 Å². The van der Waals surface area contributed by atoms with E-state index in [4.69, 9.17) is 9.84 Å². The third kappa shape index (κ3) is 2.69. The first-order chi connectivity index (χ1) is 10.4. The van der Waals surface area contributed by atoms with Crippen LogP contribution < -0.4 is 5.32 Å². The summed E-state index contributed by atoms with van der Waals surface area (Å²) >= 11 is 1.68. The molecule has 1 atom stereocenters. The Bertz CT molecular complexity index is 596. The molecular weight excluding hydrogens is 286 g/mol. The Labute approximate surface area is 127 Å². The lowest BCUT2D eigenvalue weighted by atomic mass is 10.00. The van der Waals surface area contributed by atoms with Crippen LogP contribution in [0.1, 0.15) is 61.3 Å². The Balaban J connectivity index is 1.62. The van der Waals surface area contributed by atoms with E-state index in [0.29, 0.717) is 12.0 Å². The van der Waals surface area contributed by atoms with Crippen LogP contribution in [0, 0.1) is 0 Å². The topological polar surface area (TPSA) is 64.3 Å². The molecule has 4 heterocycles. The molecule has 0 spiro atoms. The summed E-state index contributed by atoms with van der Waals surface area (Å²) in [5.74, 6) is 1.45. The zero-order valence-electron chi connectivity index (χ0n) is 12.1. The molecule has 2 aromatic heterocycles. The third-order valence-corrected chi connectivity index (χ3v) is 5.49. The summed E-state index contributed by atoms with van der Waals surface area (Å²) in [5, 5.41) is 18.3. The lowest BCUT2D eigenvalue weighted by Gasteiger charge is -2.19. The average Bonchev–Trinajstić information content (AvgIpc) is 2.99. The van der Waals surface area contributed by atoms with Gasteiger partial charge in [0.15, 0.2) is 5.82 Å². The number of aromatic nitrogens is 4. The lowest BCUT2D eigenvalue weighted by molar-refractivity contribution is 0.0831. The van der Waals surface area contributed by atoms with Crippen molar-refractivity contribution in [3.05, 3.63) is 10.8 Å². The fourth-order valence-electron chi connectivity index (χ4n) is 3.24. The van der Waals surface area contributed by atoms with Crippen molar-refractivity contribution in [2.45, 2.75) is 50.5 Å². The first kappa shape index (κ1) is 13.6. The molecule has 1 N–H and O–H groups in total. The van der Waals surface area contributed by atoms with E-state index in [2.05, 4.69) is 15.5 Å². The third-order valence-electron chi connectivity index (χ3n) is 4.48. The van der Waals surface area contributed by atoms with Gasteiger partial charge in [0.05, 0.1) is 6.04 Å². The SMILES string of the molecule is C1CCNC(c2nn3c(C4CCOCC4)nnc3s2)CC1. The summed E-state index contributed by atoms with van der Waals surface area (Å²) in [6.07, 6.45) is 7.10. The Morgan fingerprint density at radius 3 is 2.90 bits per heavy atom. The molecule has 2 saturated heterocycles. The van der Waals surface area contributed by atoms with Crippen LogP contribution in [0.25, 0.3) is 4.96 Å². The maximum absolute atomic E-state index is 5.44. The van der Waals surface area contributed by atoms with Crippen molar-refractivity contribution in [2.24, 2.45) is 0 Å². The second-order valence-electron chi connectivity index (χ2n) is 5.94. The summed E-state index contributed by atoms with van der Waals surface area (Å²) in [4.78, 5) is 0.928. The normalized spacial score (nSPS) is 25.2. The molecule has 0 saturated carbocycles. The number of hydrogen-bond acceptors (Lipinski definition) is 6. The molecule has 7 heteroatoms. The molecule has 0 amide bonds. The molecule has 0 bridgehead atoms. The number of hydrogen-bond donors (Lipinski definition) is 1. The molecule has 4 rings (SSSR count). The molecule has 6 nitrogen and oxygen atoms in total. The molecule has 2 aliphatic rings. The summed E-state index contributed by atoms with van der Waals surface area (Å²) in [6.45, 7) is 2.74. The maximum Gasteiger partial charge on any atom is 0.234 e. The van der Waals surface area contributed by atoms with Crippen LogP contribution in [0.15, 0.2) is 0 Å². The highest BCUT2D eigenvalue weighted by atomic mass is 32.1. The van der Waals surface area contributed by atoms with Crippen molar-refractivity contribution in [3.63, 3.8) is 0 Å². The number of fused-ring (bicyclic) bond motifs is 1. The van der Waals surface area contributed by atoms with E-state index >= 15 is 0 Å². The number of rotatable bonds is 2. The fraction of sp³-hybridized carbons (Fsp3) is 0.786. The molecular formula is C14H21N5OS. The number of nitrogens with zero attached hydrogens (tertiary/aromatic N) is 4. The highest BCUT2D eigenvalue weighted by Crippen LogP contribution is 2.30.